The van der Waals surface area contributed by atoms with Crippen molar-refractivity contribution in [2.24, 2.45) is 0 Å². The number of ether oxygens (including phenoxy) is 3. The van der Waals surface area contributed by atoms with Crippen molar-refractivity contribution in [3.05, 3.63) is 41.5 Å². The van der Waals surface area contributed by atoms with Gasteiger partial charge in [-0.1, -0.05) is 24.3 Å². The van der Waals surface area contributed by atoms with Crippen molar-refractivity contribution in [1.82, 2.24) is 0 Å². The Kier molecular flexibility index (Phi) is 9.11. The van der Waals surface area contributed by atoms with Crippen molar-refractivity contribution in [3.63, 3.8) is 0 Å². The van der Waals surface area contributed by atoms with Crippen LogP contribution >= 0.6 is 0 Å². The number of carboxylic acids is 1. The van der Waals surface area contributed by atoms with E-state index in [1.54, 1.807) is 13.2 Å². The zero-order valence-corrected chi connectivity index (χ0v) is 12.3. The molecule has 1 aromatic carbocycles. The van der Waals surface area contributed by atoms with Crippen LogP contribution in [0.3, 0.4) is 0 Å². The SMILES string of the molecule is COCCCOCCOCc1ccccc1/C=C/C(=O)O. The normalized spacial score (nSPS) is 11.1. The van der Waals surface area contributed by atoms with Gasteiger partial charge < -0.3 is 19.3 Å². The van der Waals surface area contributed by atoms with E-state index in [-0.39, 0.29) is 0 Å². The molecule has 0 spiro atoms. The molecule has 0 fully saturated rings. The first kappa shape index (κ1) is 17.4. The molecule has 0 saturated carbocycles. The predicted molar refractivity (Wildman–Crippen MR) is 80.1 cm³/mol. The number of methoxy groups -OCH3 is 1. The zero-order chi connectivity index (χ0) is 15.3. The molecule has 21 heavy (non-hydrogen) atoms. The van der Waals surface area contributed by atoms with E-state index < -0.39 is 5.97 Å². The van der Waals surface area contributed by atoms with Gasteiger partial charge in [0.2, 0.25) is 0 Å². The number of hydrogen-bond acceptors (Lipinski definition) is 4. The standard InChI is InChI=1S/C16H22O5/c1-19-9-4-10-20-11-12-21-13-15-6-3-2-5-14(15)7-8-16(17)18/h2-3,5-8H,4,9-13H2,1H3,(H,17,18)/b8-7+. The zero-order valence-electron chi connectivity index (χ0n) is 12.3. The van der Waals surface area contributed by atoms with Crippen LogP contribution < -0.4 is 0 Å². The molecular formula is C16H22O5. The number of benzene rings is 1. The van der Waals surface area contributed by atoms with Gasteiger partial charge in [-0.25, -0.2) is 4.79 Å². The maximum atomic E-state index is 10.5. The van der Waals surface area contributed by atoms with Crippen LogP contribution in [0.5, 0.6) is 0 Å². The minimum absolute atomic E-state index is 0.432. The predicted octanol–water partition coefficient (Wildman–Crippen LogP) is 2.35. The van der Waals surface area contributed by atoms with Gasteiger partial charge in [-0.05, 0) is 23.6 Å². The Labute approximate surface area is 125 Å². The molecule has 0 aliphatic heterocycles. The van der Waals surface area contributed by atoms with Crippen LogP contribution in [0.15, 0.2) is 30.3 Å². The molecule has 0 radical (unpaired) electrons. The molecule has 0 atom stereocenters. The van der Waals surface area contributed by atoms with Gasteiger partial charge in [0.25, 0.3) is 0 Å². The van der Waals surface area contributed by atoms with E-state index in [0.29, 0.717) is 33.0 Å². The Hall–Kier alpha value is -1.69. The Morgan fingerprint density at radius 1 is 1.14 bits per heavy atom. The van der Waals surface area contributed by atoms with Crippen molar-refractivity contribution >= 4 is 12.0 Å². The van der Waals surface area contributed by atoms with E-state index >= 15 is 0 Å². The fourth-order valence-electron chi connectivity index (χ4n) is 1.70. The number of aliphatic carboxylic acids is 1. The van der Waals surface area contributed by atoms with Crippen molar-refractivity contribution in [2.75, 3.05) is 33.5 Å². The topological polar surface area (TPSA) is 65.0 Å². The van der Waals surface area contributed by atoms with Gasteiger partial charge in [0.05, 0.1) is 19.8 Å². The summed E-state index contributed by atoms with van der Waals surface area (Å²) in [6, 6.07) is 7.54. The molecule has 1 aromatic rings. The summed E-state index contributed by atoms with van der Waals surface area (Å²) < 4.78 is 15.8. The van der Waals surface area contributed by atoms with Crippen LogP contribution in [0.25, 0.3) is 6.08 Å². The molecule has 0 unspecified atom stereocenters. The Balaban J connectivity index is 2.27. The summed E-state index contributed by atoms with van der Waals surface area (Å²) in [6.07, 6.45) is 3.57. The van der Waals surface area contributed by atoms with Crippen molar-refractivity contribution < 1.29 is 24.1 Å². The maximum absolute atomic E-state index is 10.5. The smallest absolute Gasteiger partial charge is 0.328 e. The molecule has 0 saturated heterocycles. The van der Waals surface area contributed by atoms with Gasteiger partial charge in [0, 0.05) is 26.4 Å². The minimum atomic E-state index is -0.963. The van der Waals surface area contributed by atoms with Crippen molar-refractivity contribution in [3.8, 4) is 0 Å². The second kappa shape index (κ2) is 11.0. The summed E-state index contributed by atoms with van der Waals surface area (Å²) >= 11 is 0. The number of carbonyl (C=O) groups is 1. The summed E-state index contributed by atoms with van der Waals surface area (Å²) in [7, 11) is 1.67. The van der Waals surface area contributed by atoms with E-state index in [1.165, 1.54) is 0 Å². The molecule has 0 aromatic heterocycles. The summed E-state index contributed by atoms with van der Waals surface area (Å²) in [5.74, 6) is -0.963. The summed E-state index contributed by atoms with van der Waals surface area (Å²) in [6.45, 7) is 2.83. The highest BCUT2D eigenvalue weighted by Gasteiger charge is 2.00. The largest absolute Gasteiger partial charge is 0.478 e. The van der Waals surface area contributed by atoms with Gasteiger partial charge in [-0.3, -0.25) is 0 Å². The lowest BCUT2D eigenvalue weighted by atomic mass is 10.1. The Morgan fingerprint density at radius 2 is 1.90 bits per heavy atom. The fourth-order valence-corrected chi connectivity index (χ4v) is 1.70. The lowest BCUT2D eigenvalue weighted by Gasteiger charge is -2.08. The molecular weight excluding hydrogens is 272 g/mol. The molecule has 1 N–H and O–H groups in total. The van der Waals surface area contributed by atoms with Gasteiger partial charge in [0.1, 0.15) is 0 Å². The summed E-state index contributed by atoms with van der Waals surface area (Å²) in [5.41, 5.74) is 1.80. The summed E-state index contributed by atoms with van der Waals surface area (Å²) in [5, 5.41) is 8.66. The third kappa shape index (κ3) is 8.24. The van der Waals surface area contributed by atoms with E-state index in [1.807, 2.05) is 24.3 Å². The molecule has 0 amide bonds. The summed E-state index contributed by atoms with van der Waals surface area (Å²) in [4.78, 5) is 10.5. The molecule has 0 heterocycles. The third-order valence-electron chi connectivity index (χ3n) is 2.73. The van der Waals surface area contributed by atoms with Gasteiger partial charge >= 0.3 is 5.97 Å². The number of rotatable bonds is 11. The van der Waals surface area contributed by atoms with E-state index in [2.05, 4.69) is 0 Å². The van der Waals surface area contributed by atoms with Crippen LogP contribution in [0, 0.1) is 0 Å². The van der Waals surface area contributed by atoms with Crippen LogP contribution in [-0.2, 0) is 25.6 Å². The van der Waals surface area contributed by atoms with Crippen LogP contribution in [0.4, 0.5) is 0 Å². The highest BCUT2D eigenvalue weighted by atomic mass is 16.5. The lowest BCUT2D eigenvalue weighted by Crippen LogP contribution is -2.07. The highest BCUT2D eigenvalue weighted by molar-refractivity contribution is 5.85. The molecule has 5 heteroatoms. The molecule has 0 aliphatic rings. The molecule has 0 aliphatic carbocycles. The quantitative estimate of drug-likeness (QED) is 0.501. The number of carboxylic acid groups (broad SMARTS) is 1. The van der Waals surface area contributed by atoms with Crippen LogP contribution in [-0.4, -0.2) is 44.6 Å². The Bertz CT molecular complexity index is 442. The van der Waals surface area contributed by atoms with E-state index in [0.717, 1.165) is 23.6 Å². The van der Waals surface area contributed by atoms with Crippen molar-refractivity contribution in [2.45, 2.75) is 13.0 Å². The highest BCUT2D eigenvalue weighted by Crippen LogP contribution is 2.12. The van der Waals surface area contributed by atoms with Crippen LogP contribution in [0.1, 0.15) is 17.5 Å². The van der Waals surface area contributed by atoms with E-state index in [4.69, 9.17) is 19.3 Å². The molecule has 5 nitrogen and oxygen atoms in total. The first-order chi connectivity index (χ1) is 10.2. The second-order valence-corrected chi connectivity index (χ2v) is 4.38. The van der Waals surface area contributed by atoms with Gasteiger partial charge in [-0.2, -0.15) is 0 Å². The monoisotopic (exact) mass is 294 g/mol. The first-order valence-electron chi connectivity index (χ1n) is 6.87. The minimum Gasteiger partial charge on any atom is -0.478 e. The molecule has 116 valence electrons. The lowest BCUT2D eigenvalue weighted by molar-refractivity contribution is -0.131. The van der Waals surface area contributed by atoms with Gasteiger partial charge in [-0.15, -0.1) is 0 Å². The second-order valence-electron chi connectivity index (χ2n) is 4.38. The van der Waals surface area contributed by atoms with Crippen LogP contribution in [0.2, 0.25) is 0 Å². The fraction of sp³-hybridized carbons (Fsp3) is 0.438. The molecule has 0 bridgehead atoms. The molecule has 1 rings (SSSR count). The average Bonchev–Trinajstić information content (AvgIpc) is 2.48. The third-order valence-corrected chi connectivity index (χ3v) is 2.73. The Morgan fingerprint density at radius 3 is 2.67 bits per heavy atom. The number of hydrogen-bond donors (Lipinski definition) is 1. The van der Waals surface area contributed by atoms with E-state index in [9.17, 15) is 4.79 Å². The maximum Gasteiger partial charge on any atom is 0.328 e. The first-order valence-corrected chi connectivity index (χ1v) is 6.87. The van der Waals surface area contributed by atoms with Gasteiger partial charge in [0.15, 0.2) is 0 Å². The van der Waals surface area contributed by atoms with Crippen molar-refractivity contribution in [1.29, 1.82) is 0 Å². The average molecular weight is 294 g/mol.